The summed E-state index contributed by atoms with van der Waals surface area (Å²) < 4.78 is 0. The number of hydrogen-bond donors (Lipinski definition) is 1. The molecule has 0 aromatic heterocycles. The molecule has 0 aliphatic carbocycles. The Hall–Kier alpha value is -2.09. The van der Waals surface area contributed by atoms with Crippen molar-refractivity contribution in [1.82, 2.24) is 0 Å². The summed E-state index contributed by atoms with van der Waals surface area (Å²) in [6, 6.07) is 16.6. The van der Waals surface area contributed by atoms with Crippen molar-refractivity contribution in [3.8, 4) is 0 Å². The fourth-order valence-electron chi connectivity index (χ4n) is 2.87. The van der Waals surface area contributed by atoms with Crippen LogP contribution in [0.15, 0.2) is 48.5 Å². The van der Waals surface area contributed by atoms with Gasteiger partial charge in [-0.05, 0) is 53.5 Å². The van der Waals surface area contributed by atoms with Crippen molar-refractivity contribution < 1.29 is 4.79 Å². The number of hydrogen-bond acceptors (Lipinski definition) is 1. The molecule has 0 fully saturated rings. The zero-order valence-electron chi connectivity index (χ0n) is 16.4. The Morgan fingerprint density at radius 1 is 0.920 bits per heavy atom. The van der Waals surface area contributed by atoms with Gasteiger partial charge in [-0.1, -0.05) is 71.0 Å². The van der Waals surface area contributed by atoms with E-state index in [0.717, 1.165) is 17.7 Å². The molecule has 25 heavy (non-hydrogen) atoms. The number of benzene rings is 2. The highest BCUT2D eigenvalue weighted by atomic mass is 16.1. The first-order valence-electron chi connectivity index (χ1n) is 9.17. The lowest BCUT2D eigenvalue weighted by Gasteiger charge is -2.19. The van der Waals surface area contributed by atoms with E-state index in [1.54, 1.807) is 0 Å². The van der Waals surface area contributed by atoms with Gasteiger partial charge in [0.1, 0.15) is 0 Å². The fourth-order valence-corrected chi connectivity index (χ4v) is 2.87. The summed E-state index contributed by atoms with van der Waals surface area (Å²) in [5, 5.41) is 3.03. The molecule has 0 radical (unpaired) electrons. The monoisotopic (exact) mass is 337 g/mol. The van der Waals surface area contributed by atoms with E-state index in [4.69, 9.17) is 0 Å². The van der Waals surface area contributed by atoms with Crippen LogP contribution in [-0.2, 0) is 16.6 Å². The first-order chi connectivity index (χ1) is 11.7. The van der Waals surface area contributed by atoms with Gasteiger partial charge >= 0.3 is 0 Å². The van der Waals surface area contributed by atoms with Gasteiger partial charge in [-0.25, -0.2) is 0 Å². The molecule has 2 aromatic rings. The maximum Gasteiger partial charge on any atom is 0.231 e. The van der Waals surface area contributed by atoms with E-state index in [0.29, 0.717) is 5.92 Å². The van der Waals surface area contributed by atoms with E-state index >= 15 is 0 Å². The van der Waals surface area contributed by atoms with Crippen molar-refractivity contribution in [2.45, 2.75) is 59.3 Å². The Bertz CT molecular complexity index is 690. The molecule has 0 bridgehead atoms. The quantitative estimate of drug-likeness (QED) is 0.720. The molecule has 0 aliphatic heterocycles. The SMILES string of the molecule is CC(C)Cc1ccc([C@H](C)C(=O)Nc2ccc(C(C)(C)C)cc2)cc1. The maximum absolute atomic E-state index is 12.5. The molecule has 2 nitrogen and oxygen atoms in total. The van der Waals surface area contributed by atoms with Gasteiger partial charge in [0.15, 0.2) is 0 Å². The molecule has 2 heteroatoms. The average Bonchev–Trinajstić information content (AvgIpc) is 2.54. The molecular formula is C23H31NO. The lowest BCUT2D eigenvalue weighted by atomic mass is 9.87. The summed E-state index contributed by atoms with van der Waals surface area (Å²) in [7, 11) is 0. The van der Waals surface area contributed by atoms with Crippen LogP contribution >= 0.6 is 0 Å². The molecule has 0 spiro atoms. The first-order valence-corrected chi connectivity index (χ1v) is 9.17. The van der Waals surface area contributed by atoms with Gasteiger partial charge in [0.2, 0.25) is 5.91 Å². The van der Waals surface area contributed by atoms with Crippen LogP contribution in [0.4, 0.5) is 5.69 Å². The van der Waals surface area contributed by atoms with Crippen LogP contribution in [0.25, 0.3) is 0 Å². The van der Waals surface area contributed by atoms with Crippen molar-refractivity contribution in [2.75, 3.05) is 5.32 Å². The highest BCUT2D eigenvalue weighted by Crippen LogP contribution is 2.24. The van der Waals surface area contributed by atoms with E-state index in [1.807, 2.05) is 19.1 Å². The van der Waals surface area contributed by atoms with Crippen molar-refractivity contribution >= 4 is 11.6 Å². The predicted molar refractivity (Wildman–Crippen MR) is 107 cm³/mol. The van der Waals surface area contributed by atoms with E-state index in [2.05, 4.69) is 76.3 Å². The Labute approximate surface area is 152 Å². The van der Waals surface area contributed by atoms with Gasteiger partial charge in [0, 0.05) is 5.69 Å². The smallest absolute Gasteiger partial charge is 0.231 e. The van der Waals surface area contributed by atoms with Crippen LogP contribution in [0.1, 0.15) is 64.2 Å². The first kappa shape index (κ1) is 19.2. The molecule has 134 valence electrons. The van der Waals surface area contributed by atoms with E-state index in [1.165, 1.54) is 11.1 Å². The molecule has 2 rings (SSSR count). The zero-order valence-corrected chi connectivity index (χ0v) is 16.4. The number of amides is 1. The maximum atomic E-state index is 12.5. The summed E-state index contributed by atoms with van der Waals surface area (Å²) in [4.78, 5) is 12.5. The number of nitrogens with one attached hydrogen (secondary N) is 1. The van der Waals surface area contributed by atoms with Crippen LogP contribution in [0, 0.1) is 5.92 Å². The zero-order chi connectivity index (χ0) is 18.6. The minimum Gasteiger partial charge on any atom is -0.326 e. The van der Waals surface area contributed by atoms with Crippen molar-refractivity contribution in [1.29, 1.82) is 0 Å². The fraction of sp³-hybridized carbons (Fsp3) is 0.435. The molecule has 1 atom stereocenters. The third kappa shape index (κ3) is 5.45. The molecule has 2 aromatic carbocycles. The highest BCUT2D eigenvalue weighted by molar-refractivity contribution is 5.95. The Morgan fingerprint density at radius 3 is 1.96 bits per heavy atom. The minimum atomic E-state index is -0.171. The normalized spacial score (nSPS) is 12.9. The van der Waals surface area contributed by atoms with Gasteiger partial charge in [-0.3, -0.25) is 4.79 Å². The second-order valence-corrected chi connectivity index (χ2v) is 8.38. The van der Waals surface area contributed by atoms with Crippen molar-refractivity contribution in [3.05, 3.63) is 65.2 Å². The summed E-state index contributed by atoms with van der Waals surface area (Å²) in [5.74, 6) is 0.498. The number of rotatable bonds is 5. The second-order valence-electron chi connectivity index (χ2n) is 8.38. The summed E-state index contributed by atoms with van der Waals surface area (Å²) in [5.41, 5.74) is 4.61. The Balaban J connectivity index is 2.02. The number of carbonyl (C=O) groups excluding carboxylic acids is 1. The molecule has 0 heterocycles. The molecule has 1 amide bonds. The van der Waals surface area contributed by atoms with Gasteiger partial charge in [0.05, 0.1) is 5.92 Å². The predicted octanol–water partition coefficient (Wildman–Crippen LogP) is 5.92. The molecule has 0 aliphatic rings. The third-order valence-electron chi connectivity index (χ3n) is 4.54. The van der Waals surface area contributed by atoms with E-state index < -0.39 is 0 Å². The van der Waals surface area contributed by atoms with Crippen LogP contribution in [-0.4, -0.2) is 5.91 Å². The second kappa shape index (κ2) is 7.86. The largest absolute Gasteiger partial charge is 0.326 e. The molecule has 0 unspecified atom stereocenters. The number of anilines is 1. The van der Waals surface area contributed by atoms with Crippen molar-refractivity contribution in [3.63, 3.8) is 0 Å². The lowest BCUT2D eigenvalue weighted by Crippen LogP contribution is -2.19. The molecule has 1 N–H and O–H groups in total. The van der Waals surface area contributed by atoms with E-state index in [-0.39, 0.29) is 17.2 Å². The van der Waals surface area contributed by atoms with Crippen LogP contribution in [0.3, 0.4) is 0 Å². The molecule has 0 saturated heterocycles. The summed E-state index contributed by atoms with van der Waals surface area (Å²) >= 11 is 0. The van der Waals surface area contributed by atoms with Crippen LogP contribution < -0.4 is 5.32 Å². The van der Waals surface area contributed by atoms with E-state index in [9.17, 15) is 4.79 Å². The standard InChI is InChI=1S/C23H31NO/c1-16(2)15-18-7-9-19(10-8-18)17(3)22(25)24-21-13-11-20(12-14-21)23(4,5)6/h7-14,16-17H,15H2,1-6H3,(H,24,25)/t17-/m0/s1. The molecular weight excluding hydrogens is 306 g/mol. The summed E-state index contributed by atoms with van der Waals surface area (Å²) in [6.45, 7) is 12.9. The minimum absolute atomic E-state index is 0.0279. The number of carbonyl (C=O) groups is 1. The van der Waals surface area contributed by atoms with Gasteiger partial charge in [0.25, 0.3) is 0 Å². The van der Waals surface area contributed by atoms with Gasteiger partial charge in [-0.2, -0.15) is 0 Å². The third-order valence-corrected chi connectivity index (χ3v) is 4.54. The van der Waals surface area contributed by atoms with Crippen molar-refractivity contribution in [2.24, 2.45) is 5.92 Å². The van der Waals surface area contributed by atoms with Gasteiger partial charge < -0.3 is 5.32 Å². The average molecular weight is 338 g/mol. The topological polar surface area (TPSA) is 29.1 Å². The molecule has 0 saturated carbocycles. The van der Waals surface area contributed by atoms with Gasteiger partial charge in [-0.15, -0.1) is 0 Å². The van der Waals surface area contributed by atoms with Crippen LogP contribution in [0.5, 0.6) is 0 Å². The summed E-state index contributed by atoms with van der Waals surface area (Å²) in [6.07, 6.45) is 1.07. The lowest BCUT2D eigenvalue weighted by molar-refractivity contribution is -0.117. The highest BCUT2D eigenvalue weighted by Gasteiger charge is 2.17. The Kier molecular flexibility index (Phi) is 6.05. The Morgan fingerprint density at radius 2 is 1.48 bits per heavy atom. The van der Waals surface area contributed by atoms with Crippen LogP contribution in [0.2, 0.25) is 0 Å².